The van der Waals surface area contributed by atoms with Crippen LogP contribution in [0.1, 0.15) is 38.2 Å². The molecule has 0 saturated carbocycles. The Bertz CT molecular complexity index is 638. The van der Waals surface area contributed by atoms with Gasteiger partial charge in [0.2, 0.25) is 5.91 Å². The highest BCUT2D eigenvalue weighted by Crippen LogP contribution is 2.18. The van der Waals surface area contributed by atoms with Crippen molar-refractivity contribution in [2.75, 3.05) is 11.9 Å². The second-order valence-electron chi connectivity index (χ2n) is 5.73. The van der Waals surface area contributed by atoms with Crippen molar-refractivity contribution >= 4 is 11.6 Å². The molecule has 0 aliphatic carbocycles. The molecular formula is C19H22FNO2. The number of rotatable bonds is 7. The number of hydrogen-bond donors (Lipinski definition) is 1. The van der Waals surface area contributed by atoms with Crippen LogP contribution >= 0.6 is 0 Å². The van der Waals surface area contributed by atoms with Gasteiger partial charge < -0.3 is 10.1 Å². The molecule has 3 nitrogen and oxygen atoms in total. The molecule has 0 saturated heterocycles. The van der Waals surface area contributed by atoms with E-state index >= 15 is 0 Å². The van der Waals surface area contributed by atoms with E-state index in [9.17, 15) is 9.18 Å². The van der Waals surface area contributed by atoms with Gasteiger partial charge in [0, 0.05) is 12.1 Å². The van der Waals surface area contributed by atoms with Gasteiger partial charge >= 0.3 is 0 Å². The van der Waals surface area contributed by atoms with Crippen molar-refractivity contribution < 1.29 is 13.9 Å². The molecular weight excluding hydrogens is 293 g/mol. The standard InChI is InChI=1S/C19H22FNO2/c1-14(2)15-8-10-18(11-9-15)23-12-4-7-19(22)21-17-6-3-5-16(20)13-17/h3,5-6,8-11,13-14H,4,7,12H2,1-2H3,(H,21,22). The summed E-state index contributed by atoms with van der Waals surface area (Å²) in [7, 11) is 0. The summed E-state index contributed by atoms with van der Waals surface area (Å²) in [6.45, 7) is 4.76. The predicted octanol–water partition coefficient (Wildman–Crippen LogP) is 4.75. The van der Waals surface area contributed by atoms with E-state index in [0.29, 0.717) is 31.1 Å². The summed E-state index contributed by atoms with van der Waals surface area (Å²) in [5.74, 6) is 0.792. The van der Waals surface area contributed by atoms with Crippen LogP contribution in [0.5, 0.6) is 5.75 Å². The molecule has 0 fully saturated rings. The molecule has 0 atom stereocenters. The van der Waals surface area contributed by atoms with E-state index in [1.165, 1.54) is 17.7 Å². The molecule has 0 spiro atoms. The third kappa shape index (κ3) is 5.74. The molecule has 1 N–H and O–H groups in total. The Labute approximate surface area is 136 Å². The number of nitrogens with one attached hydrogen (secondary N) is 1. The molecule has 0 radical (unpaired) electrons. The first kappa shape index (κ1) is 17.0. The summed E-state index contributed by atoms with van der Waals surface area (Å²) in [5.41, 5.74) is 1.74. The average molecular weight is 315 g/mol. The molecule has 4 heteroatoms. The van der Waals surface area contributed by atoms with Gasteiger partial charge in [-0.3, -0.25) is 4.79 Å². The minimum absolute atomic E-state index is 0.144. The van der Waals surface area contributed by atoms with Crippen LogP contribution < -0.4 is 10.1 Å². The van der Waals surface area contributed by atoms with E-state index in [4.69, 9.17) is 4.74 Å². The van der Waals surface area contributed by atoms with Crippen LogP contribution in [-0.2, 0) is 4.79 Å². The Balaban J connectivity index is 1.69. The lowest BCUT2D eigenvalue weighted by Crippen LogP contribution is -2.12. The number of halogens is 1. The highest BCUT2D eigenvalue weighted by molar-refractivity contribution is 5.90. The molecule has 0 aliphatic heterocycles. The topological polar surface area (TPSA) is 38.3 Å². The van der Waals surface area contributed by atoms with Gasteiger partial charge in [-0.25, -0.2) is 4.39 Å². The zero-order valence-electron chi connectivity index (χ0n) is 13.5. The van der Waals surface area contributed by atoms with Crippen LogP contribution in [0.2, 0.25) is 0 Å². The van der Waals surface area contributed by atoms with E-state index in [1.54, 1.807) is 12.1 Å². The third-order valence-electron chi connectivity index (χ3n) is 3.47. The van der Waals surface area contributed by atoms with Crippen LogP contribution in [0.15, 0.2) is 48.5 Å². The van der Waals surface area contributed by atoms with Crippen molar-refractivity contribution in [2.45, 2.75) is 32.6 Å². The van der Waals surface area contributed by atoms with Crippen molar-refractivity contribution in [1.82, 2.24) is 0 Å². The third-order valence-corrected chi connectivity index (χ3v) is 3.47. The monoisotopic (exact) mass is 315 g/mol. The van der Waals surface area contributed by atoms with Crippen LogP contribution in [0.3, 0.4) is 0 Å². The minimum Gasteiger partial charge on any atom is -0.494 e. The van der Waals surface area contributed by atoms with Gasteiger partial charge in [-0.2, -0.15) is 0 Å². The number of anilines is 1. The van der Waals surface area contributed by atoms with Crippen LogP contribution in [-0.4, -0.2) is 12.5 Å². The predicted molar refractivity (Wildman–Crippen MR) is 90.3 cm³/mol. The number of carbonyl (C=O) groups excluding carboxylic acids is 1. The van der Waals surface area contributed by atoms with Crippen LogP contribution in [0.4, 0.5) is 10.1 Å². The van der Waals surface area contributed by atoms with Gasteiger partial charge in [0.15, 0.2) is 0 Å². The van der Waals surface area contributed by atoms with Gasteiger partial charge in [0.25, 0.3) is 0 Å². The summed E-state index contributed by atoms with van der Waals surface area (Å²) >= 11 is 0. The molecule has 2 aromatic rings. The molecule has 2 rings (SSSR count). The maximum atomic E-state index is 13.0. The first-order valence-electron chi connectivity index (χ1n) is 7.83. The fraction of sp³-hybridized carbons (Fsp3) is 0.316. The molecule has 0 unspecified atom stereocenters. The second kappa shape index (κ2) is 8.32. The van der Waals surface area contributed by atoms with Gasteiger partial charge in [-0.1, -0.05) is 32.0 Å². The summed E-state index contributed by atoms with van der Waals surface area (Å²) in [6.07, 6.45) is 0.938. The van der Waals surface area contributed by atoms with Gasteiger partial charge in [-0.05, 0) is 48.2 Å². The summed E-state index contributed by atoms with van der Waals surface area (Å²) in [4.78, 5) is 11.8. The second-order valence-corrected chi connectivity index (χ2v) is 5.73. The number of ether oxygens (including phenoxy) is 1. The highest BCUT2D eigenvalue weighted by atomic mass is 19.1. The van der Waals surface area contributed by atoms with Crippen LogP contribution in [0.25, 0.3) is 0 Å². The normalized spacial score (nSPS) is 10.6. The largest absolute Gasteiger partial charge is 0.494 e. The zero-order chi connectivity index (χ0) is 16.7. The van der Waals surface area contributed by atoms with Crippen molar-refractivity contribution in [3.8, 4) is 5.75 Å². The summed E-state index contributed by atoms with van der Waals surface area (Å²) < 4.78 is 18.6. The zero-order valence-corrected chi connectivity index (χ0v) is 13.5. The Morgan fingerprint density at radius 1 is 1.17 bits per heavy atom. The quantitative estimate of drug-likeness (QED) is 0.749. The number of benzene rings is 2. The highest BCUT2D eigenvalue weighted by Gasteiger charge is 2.04. The van der Waals surface area contributed by atoms with Crippen molar-refractivity contribution in [3.63, 3.8) is 0 Å². The number of carbonyl (C=O) groups is 1. The fourth-order valence-corrected chi connectivity index (χ4v) is 2.16. The summed E-state index contributed by atoms with van der Waals surface area (Å²) in [5, 5.41) is 2.67. The fourth-order valence-electron chi connectivity index (χ4n) is 2.16. The first-order chi connectivity index (χ1) is 11.0. The minimum atomic E-state index is -0.365. The summed E-state index contributed by atoms with van der Waals surface area (Å²) in [6, 6.07) is 13.9. The molecule has 0 bridgehead atoms. The maximum absolute atomic E-state index is 13.0. The molecule has 2 aromatic carbocycles. The van der Waals surface area contributed by atoms with E-state index < -0.39 is 0 Å². The first-order valence-corrected chi connectivity index (χ1v) is 7.83. The molecule has 122 valence electrons. The lowest BCUT2D eigenvalue weighted by molar-refractivity contribution is -0.116. The Morgan fingerprint density at radius 3 is 2.57 bits per heavy atom. The van der Waals surface area contributed by atoms with Crippen molar-refractivity contribution in [2.24, 2.45) is 0 Å². The molecule has 1 amide bonds. The van der Waals surface area contributed by atoms with Gasteiger partial charge in [0.05, 0.1) is 6.61 Å². The van der Waals surface area contributed by atoms with E-state index in [1.807, 2.05) is 12.1 Å². The lowest BCUT2D eigenvalue weighted by Gasteiger charge is -2.09. The molecule has 23 heavy (non-hydrogen) atoms. The van der Waals surface area contributed by atoms with E-state index in [0.717, 1.165) is 5.75 Å². The molecule has 0 heterocycles. The number of hydrogen-bond acceptors (Lipinski definition) is 2. The lowest BCUT2D eigenvalue weighted by atomic mass is 10.0. The SMILES string of the molecule is CC(C)c1ccc(OCCCC(=O)Nc2cccc(F)c2)cc1. The van der Waals surface area contributed by atoms with Gasteiger partial charge in [0.1, 0.15) is 11.6 Å². The Kier molecular flexibility index (Phi) is 6.15. The van der Waals surface area contributed by atoms with Crippen LogP contribution in [0, 0.1) is 5.82 Å². The smallest absolute Gasteiger partial charge is 0.224 e. The average Bonchev–Trinajstić information content (AvgIpc) is 2.52. The van der Waals surface area contributed by atoms with E-state index in [-0.39, 0.29) is 11.7 Å². The Hall–Kier alpha value is -2.36. The van der Waals surface area contributed by atoms with Crippen molar-refractivity contribution in [1.29, 1.82) is 0 Å². The molecule has 0 aromatic heterocycles. The number of amides is 1. The van der Waals surface area contributed by atoms with Crippen molar-refractivity contribution in [3.05, 3.63) is 59.9 Å². The van der Waals surface area contributed by atoms with Gasteiger partial charge in [-0.15, -0.1) is 0 Å². The maximum Gasteiger partial charge on any atom is 0.224 e. The Morgan fingerprint density at radius 2 is 1.91 bits per heavy atom. The molecule has 0 aliphatic rings. The van der Waals surface area contributed by atoms with E-state index in [2.05, 4.69) is 31.3 Å².